The van der Waals surface area contributed by atoms with E-state index in [0.717, 1.165) is 36.6 Å². The molecule has 2 aromatic carbocycles. The van der Waals surface area contributed by atoms with E-state index in [2.05, 4.69) is 9.71 Å². The normalized spacial score (nSPS) is 14.0. The van der Waals surface area contributed by atoms with Crippen molar-refractivity contribution in [2.45, 2.75) is 37.1 Å². The maximum atomic E-state index is 12.7. The first-order chi connectivity index (χ1) is 13.5. The molecule has 1 heterocycles. The van der Waals surface area contributed by atoms with E-state index in [4.69, 9.17) is 4.74 Å². The van der Waals surface area contributed by atoms with Crippen LogP contribution in [0.1, 0.15) is 29.5 Å². The van der Waals surface area contributed by atoms with Gasteiger partial charge in [-0.3, -0.25) is 4.79 Å². The summed E-state index contributed by atoms with van der Waals surface area (Å²) in [5, 5.41) is 0.780. The molecule has 0 aliphatic heterocycles. The first-order valence-electron chi connectivity index (χ1n) is 9.28. The van der Waals surface area contributed by atoms with E-state index in [1.54, 1.807) is 43.5 Å². The van der Waals surface area contributed by atoms with E-state index in [1.165, 1.54) is 5.56 Å². The summed E-state index contributed by atoms with van der Waals surface area (Å²) in [6.07, 6.45) is 4.14. The van der Waals surface area contributed by atoms with E-state index < -0.39 is 10.0 Å². The van der Waals surface area contributed by atoms with Gasteiger partial charge in [0.25, 0.3) is 5.56 Å². The average Bonchev–Trinajstić information content (AvgIpc) is 2.71. The molecule has 0 bridgehead atoms. The Balaban J connectivity index is 1.59. The van der Waals surface area contributed by atoms with Crippen molar-refractivity contribution in [2.24, 2.45) is 0 Å². The number of aryl methyl sites for hydroxylation is 2. The van der Waals surface area contributed by atoms with Crippen LogP contribution in [0.3, 0.4) is 0 Å². The van der Waals surface area contributed by atoms with Gasteiger partial charge in [0.2, 0.25) is 10.0 Å². The summed E-state index contributed by atoms with van der Waals surface area (Å²) in [6, 6.07) is 12.3. The van der Waals surface area contributed by atoms with Crippen molar-refractivity contribution in [1.29, 1.82) is 0 Å². The van der Waals surface area contributed by atoms with Gasteiger partial charge in [0, 0.05) is 23.0 Å². The molecule has 0 unspecified atom stereocenters. The second-order valence-corrected chi connectivity index (χ2v) is 8.81. The maximum Gasteiger partial charge on any atom is 0.252 e. The first-order valence-corrected chi connectivity index (χ1v) is 10.8. The van der Waals surface area contributed by atoms with E-state index in [1.807, 2.05) is 6.07 Å². The molecular formula is C21H22N2O4S. The highest BCUT2D eigenvalue weighted by molar-refractivity contribution is 7.89. The fraction of sp³-hybridized carbons (Fsp3) is 0.286. The van der Waals surface area contributed by atoms with Gasteiger partial charge < -0.3 is 9.72 Å². The first kappa shape index (κ1) is 18.7. The number of pyridine rings is 1. The molecule has 28 heavy (non-hydrogen) atoms. The van der Waals surface area contributed by atoms with Crippen LogP contribution in [0.15, 0.2) is 52.2 Å². The van der Waals surface area contributed by atoms with Crippen molar-refractivity contribution in [2.75, 3.05) is 7.11 Å². The molecule has 1 aliphatic carbocycles. The van der Waals surface area contributed by atoms with Crippen LogP contribution in [0.4, 0.5) is 0 Å². The highest BCUT2D eigenvalue weighted by atomic mass is 32.2. The number of hydrogen-bond acceptors (Lipinski definition) is 4. The van der Waals surface area contributed by atoms with Gasteiger partial charge in [-0.1, -0.05) is 6.07 Å². The van der Waals surface area contributed by atoms with Crippen molar-refractivity contribution in [3.63, 3.8) is 0 Å². The molecular weight excluding hydrogens is 376 g/mol. The summed E-state index contributed by atoms with van der Waals surface area (Å²) in [5.74, 6) is 0.667. The number of rotatable bonds is 5. The predicted octanol–water partition coefficient (Wildman–Crippen LogP) is 2.89. The van der Waals surface area contributed by atoms with Crippen molar-refractivity contribution < 1.29 is 13.2 Å². The van der Waals surface area contributed by atoms with Crippen LogP contribution < -0.4 is 15.0 Å². The van der Waals surface area contributed by atoms with Crippen molar-refractivity contribution >= 4 is 20.9 Å². The topological polar surface area (TPSA) is 88.3 Å². The number of methoxy groups -OCH3 is 1. The molecule has 0 amide bonds. The second-order valence-electron chi connectivity index (χ2n) is 7.04. The average molecular weight is 398 g/mol. The summed E-state index contributed by atoms with van der Waals surface area (Å²) in [5.41, 5.74) is 3.04. The van der Waals surface area contributed by atoms with E-state index in [0.29, 0.717) is 16.8 Å². The van der Waals surface area contributed by atoms with E-state index >= 15 is 0 Å². The minimum absolute atomic E-state index is 0.0814. The Labute approximate surface area is 163 Å². The lowest BCUT2D eigenvalue weighted by atomic mass is 9.92. The van der Waals surface area contributed by atoms with Crippen LogP contribution in [-0.2, 0) is 29.4 Å². The minimum atomic E-state index is -3.70. The molecule has 7 heteroatoms. The van der Waals surface area contributed by atoms with Gasteiger partial charge in [0.1, 0.15) is 5.75 Å². The molecule has 0 saturated heterocycles. The summed E-state index contributed by atoms with van der Waals surface area (Å²) >= 11 is 0. The molecule has 0 spiro atoms. The zero-order chi connectivity index (χ0) is 19.7. The number of ether oxygens (including phenoxy) is 1. The van der Waals surface area contributed by atoms with Gasteiger partial charge in [-0.15, -0.1) is 0 Å². The molecule has 2 N–H and O–H groups in total. The molecule has 146 valence electrons. The molecule has 6 nitrogen and oxygen atoms in total. The highest BCUT2D eigenvalue weighted by Gasteiger charge is 2.18. The Morgan fingerprint density at radius 2 is 1.82 bits per heavy atom. The smallest absolute Gasteiger partial charge is 0.252 e. The number of sulfonamides is 1. The third kappa shape index (κ3) is 3.68. The van der Waals surface area contributed by atoms with Gasteiger partial charge in [-0.2, -0.15) is 0 Å². The van der Waals surface area contributed by atoms with Crippen LogP contribution in [0, 0.1) is 0 Å². The van der Waals surface area contributed by atoms with Crippen LogP contribution in [0.5, 0.6) is 5.75 Å². The van der Waals surface area contributed by atoms with Crippen LogP contribution in [-0.4, -0.2) is 20.5 Å². The Bertz CT molecular complexity index is 1200. The van der Waals surface area contributed by atoms with Gasteiger partial charge in [0.15, 0.2) is 0 Å². The van der Waals surface area contributed by atoms with Crippen molar-refractivity contribution in [1.82, 2.24) is 9.71 Å². The SMILES string of the molecule is COc1ccc2[nH]c(=O)c(CNS(=O)(=O)c3ccc4c(c3)CCCC4)cc2c1. The van der Waals surface area contributed by atoms with Crippen molar-refractivity contribution in [3.05, 3.63) is 69.5 Å². The van der Waals surface area contributed by atoms with Gasteiger partial charge in [-0.05, 0) is 73.2 Å². The lowest BCUT2D eigenvalue weighted by Gasteiger charge is -2.16. The summed E-state index contributed by atoms with van der Waals surface area (Å²) in [7, 11) is -2.13. The summed E-state index contributed by atoms with van der Waals surface area (Å²) in [6.45, 7) is -0.0814. The third-order valence-corrected chi connectivity index (χ3v) is 6.61. The van der Waals surface area contributed by atoms with Gasteiger partial charge >= 0.3 is 0 Å². The molecule has 0 atom stereocenters. The fourth-order valence-corrected chi connectivity index (χ4v) is 4.68. The Hall–Kier alpha value is -2.64. The second kappa shape index (κ2) is 7.41. The number of aromatic amines is 1. The number of hydrogen-bond donors (Lipinski definition) is 2. The molecule has 0 fully saturated rings. The van der Waals surface area contributed by atoms with Crippen molar-refractivity contribution in [3.8, 4) is 5.75 Å². The molecule has 0 radical (unpaired) electrons. The fourth-order valence-electron chi connectivity index (χ4n) is 3.62. The standard InChI is InChI=1S/C21H22N2O4S/c1-27-18-7-9-20-16(11-18)10-17(21(24)23-20)13-22-28(25,26)19-8-6-14-4-2-3-5-15(14)12-19/h6-12,22H,2-5,13H2,1H3,(H,23,24). The van der Waals surface area contributed by atoms with Crippen LogP contribution in [0.25, 0.3) is 10.9 Å². The largest absolute Gasteiger partial charge is 0.497 e. The van der Waals surface area contributed by atoms with E-state index in [-0.39, 0.29) is 17.0 Å². The number of nitrogens with one attached hydrogen (secondary N) is 2. The quantitative estimate of drug-likeness (QED) is 0.692. The Morgan fingerprint density at radius 1 is 1.04 bits per heavy atom. The Kier molecular flexibility index (Phi) is 4.95. The van der Waals surface area contributed by atoms with Gasteiger partial charge in [0.05, 0.1) is 12.0 Å². The molecule has 1 aromatic heterocycles. The lowest BCUT2D eigenvalue weighted by Crippen LogP contribution is -2.27. The molecule has 3 aromatic rings. The van der Waals surface area contributed by atoms with Gasteiger partial charge in [-0.25, -0.2) is 13.1 Å². The molecule has 4 rings (SSSR count). The third-order valence-electron chi connectivity index (χ3n) is 5.21. The molecule has 1 aliphatic rings. The summed E-state index contributed by atoms with van der Waals surface area (Å²) in [4.78, 5) is 15.3. The number of benzene rings is 2. The number of fused-ring (bicyclic) bond motifs is 2. The molecule has 0 saturated carbocycles. The zero-order valence-electron chi connectivity index (χ0n) is 15.6. The monoisotopic (exact) mass is 398 g/mol. The number of aromatic nitrogens is 1. The Morgan fingerprint density at radius 3 is 2.61 bits per heavy atom. The highest BCUT2D eigenvalue weighted by Crippen LogP contribution is 2.24. The summed E-state index contributed by atoms with van der Waals surface area (Å²) < 4.78 is 33.2. The van der Waals surface area contributed by atoms with Crippen LogP contribution in [0.2, 0.25) is 0 Å². The zero-order valence-corrected chi connectivity index (χ0v) is 16.4. The predicted molar refractivity (Wildman–Crippen MR) is 108 cm³/mol. The van der Waals surface area contributed by atoms with E-state index in [9.17, 15) is 13.2 Å². The van der Waals surface area contributed by atoms with Crippen LogP contribution >= 0.6 is 0 Å². The maximum absolute atomic E-state index is 12.7. The number of H-pyrrole nitrogens is 1. The lowest BCUT2D eigenvalue weighted by molar-refractivity contribution is 0.415. The minimum Gasteiger partial charge on any atom is -0.497 e.